The van der Waals surface area contributed by atoms with Gasteiger partial charge in [0, 0.05) is 12.2 Å². The van der Waals surface area contributed by atoms with Crippen LogP contribution in [-0.4, -0.2) is 36.6 Å². The Morgan fingerprint density at radius 2 is 1.48 bits per heavy atom. The summed E-state index contributed by atoms with van der Waals surface area (Å²) in [4.78, 5) is 23.8. The highest BCUT2D eigenvalue weighted by atomic mass is 32.2. The van der Waals surface area contributed by atoms with Crippen LogP contribution in [0.3, 0.4) is 0 Å². The molecule has 0 saturated carbocycles. The summed E-state index contributed by atoms with van der Waals surface area (Å²) in [6, 6.07) is 19.7. The molecule has 0 aliphatic rings. The van der Waals surface area contributed by atoms with E-state index in [0.717, 1.165) is 16.8 Å². The number of thioether (sulfide) groups is 1. The number of aliphatic carboxylic acids is 1. The minimum atomic E-state index is -2.19. The molecule has 29 heavy (non-hydrogen) atoms. The maximum absolute atomic E-state index is 12.1. The maximum atomic E-state index is 12.1. The molecule has 2 atom stereocenters. The van der Waals surface area contributed by atoms with E-state index in [1.807, 2.05) is 60.7 Å². The minimum Gasteiger partial charge on any atom is -0.479 e. The zero-order valence-electron chi connectivity index (χ0n) is 17.5. The molecule has 0 amide bonds. The highest BCUT2D eigenvalue weighted by molar-refractivity contribution is 8.14. The first kappa shape index (κ1) is 23.4. The summed E-state index contributed by atoms with van der Waals surface area (Å²) in [5.74, 6) is -0.975. The van der Waals surface area contributed by atoms with E-state index in [4.69, 9.17) is 4.43 Å². The third kappa shape index (κ3) is 8.16. The van der Waals surface area contributed by atoms with Gasteiger partial charge in [0.05, 0.1) is 0 Å². The van der Waals surface area contributed by atoms with Crippen molar-refractivity contribution in [3.63, 3.8) is 0 Å². The van der Waals surface area contributed by atoms with E-state index in [1.54, 1.807) is 0 Å². The second kappa shape index (κ2) is 10.8. The Labute approximate surface area is 179 Å². The van der Waals surface area contributed by atoms with Gasteiger partial charge in [0.15, 0.2) is 5.12 Å². The van der Waals surface area contributed by atoms with Crippen LogP contribution in [0.1, 0.15) is 40.5 Å². The smallest absolute Gasteiger partial charge is 0.331 e. The van der Waals surface area contributed by atoms with Crippen LogP contribution >= 0.6 is 11.8 Å². The molecular weight excluding hydrogens is 400 g/mol. The predicted octanol–water partition coefficient (Wildman–Crippen LogP) is 3.47. The van der Waals surface area contributed by atoms with Crippen molar-refractivity contribution in [3.05, 3.63) is 60.7 Å². The topological polar surface area (TPSA) is 63.6 Å². The van der Waals surface area contributed by atoms with Crippen LogP contribution in [0.4, 0.5) is 0 Å². The summed E-state index contributed by atoms with van der Waals surface area (Å²) >= 11 is 1.22. The molecule has 156 valence electrons. The van der Waals surface area contributed by atoms with Gasteiger partial charge in [0.1, 0.15) is 6.10 Å². The molecule has 4 nitrogen and oxygen atoms in total. The Bertz CT molecular complexity index is 750. The van der Waals surface area contributed by atoms with Crippen molar-refractivity contribution in [2.24, 2.45) is 5.41 Å². The van der Waals surface area contributed by atoms with Crippen molar-refractivity contribution in [2.75, 3.05) is 0 Å². The SMILES string of the molecule is CC(=O)S[C@H](CC(O[SiH](c1ccccc1)c1ccccc1)C(=O)O)CC(C)(C)C. The molecule has 0 aromatic heterocycles. The summed E-state index contributed by atoms with van der Waals surface area (Å²) in [6.07, 6.45) is 0.0964. The molecule has 0 aliphatic carbocycles. The molecule has 2 aromatic carbocycles. The Kier molecular flexibility index (Phi) is 8.68. The van der Waals surface area contributed by atoms with Gasteiger partial charge in [-0.05, 0) is 28.6 Å². The van der Waals surface area contributed by atoms with Crippen molar-refractivity contribution < 1.29 is 19.1 Å². The van der Waals surface area contributed by atoms with E-state index < -0.39 is 21.1 Å². The number of carboxylic acids is 1. The first-order valence-electron chi connectivity index (χ1n) is 9.81. The number of carbonyl (C=O) groups is 2. The van der Waals surface area contributed by atoms with Crippen molar-refractivity contribution in [2.45, 2.75) is 51.9 Å². The van der Waals surface area contributed by atoms with Crippen LogP contribution in [0.15, 0.2) is 60.7 Å². The number of hydrogen-bond donors (Lipinski definition) is 1. The van der Waals surface area contributed by atoms with Gasteiger partial charge in [-0.25, -0.2) is 4.79 Å². The highest BCUT2D eigenvalue weighted by Crippen LogP contribution is 2.31. The molecule has 0 aliphatic heterocycles. The first-order chi connectivity index (χ1) is 13.7. The average Bonchev–Trinajstić information content (AvgIpc) is 2.64. The lowest BCUT2D eigenvalue weighted by molar-refractivity contribution is -0.145. The van der Waals surface area contributed by atoms with Gasteiger partial charge in [-0.3, -0.25) is 4.79 Å². The Morgan fingerprint density at radius 1 is 1.00 bits per heavy atom. The highest BCUT2D eigenvalue weighted by Gasteiger charge is 2.31. The van der Waals surface area contributed by atoms with E-state index >= 15 is 0 Å². The molecule has 0 saturated heterocycles. The van der Waals surface area contributed by atoms with E-state index in [2.05, 4.69) is 20.8 Å². The molecule has 1 unspecified atom stereocenters. The average molecular weight is 431 g/mol. The van der Waals surface area contributed by atoms with E-state index in [1.165, 1.54) is 18.7 Å². The number of hydrogen-bond acceptors (Lipinski definition) is 4. The van der Waals surface area contributed by atoms with Crippen LogP contribution in [0.25, 0.3) is 0 Å². The third-order valence-corrected chi connectivity index (χ3v) is 8.04. The van der Waals surface area contributed by atoms with Crippen molar-refractivity contribution in [1.82, 2.24) is 0 Å². The van der Waals surface area contributed by atoms with Gasteiger partial charge < -0.3 is 9.53 Å². The second-order valence-corrected chi connectivity index (χ2v) is 12.2. The monoisotopic (exact) mass is 430 g/mol. The van der Waals surface area contributed by atoms with E-state index in [9.17, 15) is 14.7 Å². The van der Waals surface area contributed by atoms with Gasteiger partial charge in [0.25, 0.3) is 0 Å². The molecule has 2 aromatic rings. The van der Waals surface area contributed by atoms with Gasteiger partial charge in [-0.1, -0.05) is 93.2 Å². The Balaban J connectivity index is 2.29. The molecule has 0 heterocycles. The first-order valence-corrected chi connectivity index (χ1v) is 12.3. The zero-order chi connectivity index (χ0) is 21.4. The summed E-state index contributed by atoms with van der Waals surface area (Å²) in [6.45, 7) is 7.83. The van der Waals surface area contributed by atoms with Gasteiger partial charge >= 0.3 is 5.97 Å². The normalized spacial score (nSPS) is 13.8. The van der Waals surface area contributed by atoms with Crippen molar-refractivity contribution >= 4 is 42.3 Å². The van der Waals surface area contributed by atoms with Crippen molar-refractivity contribution in [1.29, 1.82) is 0 Å². The lowest BCUT2D eigenvalue weighted by atomic mass is 9.89. The summed E-state index contributed by atoms with van der Waals surface area (Å²) < 4.78 is 6.33. The van der Waals surface area contributed by atoms with Crippen LogP contribution < -0.4 is 10.4 Å². The Hall–Kier alpha value is -1.89. The molecule has 1 N–H and O–H groups in total. The molecule has 0 fully saturated rings. The lowest BCUT2D eigenvalue weighted by Crippen LogP contribution is -2.49. The van der Waals surface area contributed by atoms with E-state index in [-0.39, 0.29) is 15.8 Å². The fraction of sp³-hybridized carbons (Fsp3) is 0.391. The molecule has 6 heteroatoms. The number of carboxylic acid groups (broad SMARTS) is 1. The van der Waals surface area contributed by atoms with E-state index in [0.29, 0.717) is 6.42 Å². The van der Waals surface area contributed by atoms with Crippen LogP contribution in [0.5, 0.6) is 0 Å². The van der Waals surface area contributed by atoms with Crippen LogP contribution in [0.2, 0.25) is 0 Å². The standard InChI is InChI=1S/C23H30O4SSi/c1-17(24)28-18(16-23(2,3)4)15-21(22(25)26)27-29(19-11-7-5-8-12-19)20-13-9-6-10-14-20/h5-14,18,21,29H,15-16H2,1-4H3,(H,25,26)/t18-,21?/m1/s1. The van der Waals surface area contributed by atoms with Gasteiger partial charge in [-0.2, -0.15) is 0 Å². The Morgan fingerprint density at radius 3 is 1.86 bits per heavy atom. The summed E-state index contributed by atoms with van der Waals surface area (Å²) in [5, 5.41) is 11.9. The predicted molar refractivity (Wildman–Crippen MR) is 123 cm³/mol. The van der Waals surface area contributed by atoms with Crippen molar-refractivity contribution in [3.8, 4) is 0 Å². The van der Waals surface area contributed by atoms with Gasteiger partial charge in [0.2, 0.25) is 9.04 Å². The maximum Gasteiger partial charge on any atom is 0.331 e. The molecular formula is C23H30O4SSi. The molecule has 0 spiro atoms. The molecule has 2 rings (SSSR count). The zero-order valence-corrected chi connectivity index (χ0v) is 19.5. The summed E-state index contributed by atoms with van der Waals surface area (Å²) in [5.41, 5.74) is -0.00808. The lowest BCUT2D eigenvalue weighted by Gasteiger charge is -2.29. The van der Waals surface area contributed by atoms with Crippen LogP contribution in [-0.2, 0) is 14.0 Å². The fourth-order valence-corrected chi connectivity index (χ4v) is 7.04. The molecule has 0 radical (unpaired) electrons. The number of rotatable bonds is 9. The minimum absolute atomic E-state index is 0.00306. The second-order valence-electron chi connectivity index (χ2n) is 8.40. The summed E-state index contributed by atoms with van der Waals surface area (Å²) in [7, 11) is -2.19. The quantitative estimate of drug-likeness (QED) is 0.617. The van der Waals surface area contributed by atoms with Crippen LogP contribution in [0, 0.1) is 5.41 Å². The number of carbonyl (C=O) groups excluding carboxylic acids is 1. The number of benzene rings is 2. The van der Waals surface area contributed by atoms with Gasteiger partial charge in [-0.15, -0.1) is 0 Å². The molecule has 0 bridgehead atoms. The largest absolute Gasteiger partial charge is 0.479 e. The fourth-order valence-electron chi connectivity index (χ4n) is 3.31. The third-order valence-electron chi connectivity index (χ3n) is 4.43.